The fourth-order valence-electron chi connectivity index (χ4n) is 2.08. The molecular weight excluding hydrogens is 232 g/mol. The first-order chi connectivity index (χ1) is 8.43. The number of benzene rings is 1. The minimum Gasteiger partial charge on any atom is -0.369 e. The summed E-state index contributed by atoms with van der Waals surface area (Å²) < 4.78 is 0. The Morgan fingerprint density at radius 1 is 1.39 bits per heavy atom. The van der Waals surface area contributed by atoms with Gasteiger partial charge in [0.05, 0.1) is 17.2 Å². The first-order valence-electron chi connectivity index (χ1n) is 5.68. The number of carbonyl (C=O) groups is 3. The second-order valence-electron chi connectivity index (χ2n) is 4.52. The number of anilines is 1. The van der Waals surface area contributed by atoms with Crippen molar-refractivity contribution in [2.75, 3.05) is 11.4 Å². The molecule has 0 fully saturated rings. The molecule has 0 saturated heterocycles. The van der Waals surface area contributed by atoms with E-state index in [0.717, 1.165) is 5.56 Å². The Bertz CT molecular complexity index is 551. The molecule has 5 nitrogen and oxygen atoms in total. The van der Waals surface area contributed by atoms with Crippen molar-refractivity contribution < 1.29 is 14.4 Å². The number of ketones is 1. The quantitative estimate of drug-likeness (QED) is 0.795. The lowest BCUT2D eigenvalue weighted by Gasteiger charge is -2.20. The number of aryl methyl sites for hydroxylation is 1. The first-order valence-corrected chi connectivity index (χ1v) is 5.68. The zero-order valence-corrected chi connectivity index (χ0v) is 10.3. The number of fused-ring (bicyclic) bond motifs is 1. The molecule has 2 rings (SSSR count). The number of hydrogen-bond acceptors (Lipinski definition) is 3. The molecule has 2 N–H and O–H groups in total. The van der Waals surface area contributed by atoms with Gasteiger partial charge in [-0.05, 0) is 18.6 Å². The third kappa shape index (κ3) is 1.77. The Kier molecular flexibility index (Phi) is 2.90. The van der Waals surface area contributed by atoms with Crippen LogP contribution in [-0.2, 0) is 9.59 Å². The third-order valence-corrected chi connectivity index (χ3v) is 3.13. The molecule has 0 radical (unpaired) electrons. The minimum atomic E-state index is -0.590. The van der Waals surface area contributed by atoms with Gasteiger partial charge in [-0.1, -0.05) is 19.1 Å². The smallest absolute Gasteiger partial charge is 0.299 e. The summed E-state index contributed by atoms with van der Waals surface area (Å²) in [5.74, 6) is -2.10. The first kappa shape index (κ1) is 12.3. The molecule has 0 bridgehead atoms. The van der Waals surface area contributed by atoms with Gasteiger partial charge in [-0.25, -0.2) is 0 Å². The van der Waals surface area contributed by atoms with Gasteiger partial charge in [0.2, 0.25) is 5.91 Å². The molecule has 1 aromatic carbocycles. The largest absolute Gasteiger partial charge is 0.369 e. The normalized spacial score (nSPS) is 15.8. The molecule has 1 unspecified atom stereocenters. The van der Waals surface area contributed by atoms with Crippen LogP contribution in [0.25, 0.3) is 0 Å². The Hall–Kier alpha value is -2.17. The highest BCUT2D eigenvalue weighted by Gasteiger charge is 2.37. The van der Waals surface area contributed by atoms with Crippen molar-refractivity contribution in [3.8, 4) is 0 Å². The van der Waals surface area contributed by atoms with Crippen molar-refractivity contribution >= 4 is 23.3 Å². The SMILES string of the molecule is Cc1cccc2c1N(CC(C)C(N)=O)C(=O)C2=O. The van der Waals surface area contributed by atoms with Gasteiger partial charge >= 0.3 is 0 Å². The van der Waals surface area contributed by atoms with E-state index in [0.29, 0.717) is 11.3 Å². The lowest BCUT2D eigenvalue weighted by molar-refractivity contribution is -0.121. The maximum atomic E-state index is 11.9. The topological polar surface area (TPSA) is 80.5 Å². The molecule has 0 spiro atoms. The molecule has 94 valence electrons. The lowest BCUT2D eigenvalue weighted by Crippen LogP contribution is -2.38. The van der Waals surface area contributed by atoms with Crippen LogP contribution in [0.1, 0.15) is 22.8 Å². The van der Waals surface area contributed by atoms with Gasteiger partial charge in [0.15, 0.2) is 0 Å². The van der Waals surface area contributed by atoms with Crippen molar-refractivity contribution in [2.24, 2.45) is 11.7 Å². The van der Waals surface area contributed by atoms with E-state index in [1.54, 1.807) is 19.1 Å². The van der Waals surface area contributed by atoms with E-state index in [-0.39, 0.29) is 6.54 Å². The molecule has 5 heteroatoms. The van der Waals surface area contributed by atoms with Crippen LogP contribution in [0.15, 0.2) is 18.2 Å². The van der Waals surface area contributed by atoms with Crippen LogP contribution >= 0.6 is 0 Å². The van der Waals surface area contributed by atoms with Crippen molar-refractivity contribution in [1.82, 2.24) is 0 Å². The molecule has 1 atom stereocenters. The Morgan fingerprint density at radius 2 is 2.06 bits per heavy atom. The van der Waals surface area contributed by atoms with Crippen molar-refractivity contribution in [3.63, 3.8) is 0 Å². The van der Waals surface area contributed by atoms with Crippen molar-refractivity contribution in [1.29, 1.82) is 0 Å². The molecule has 1 heterocycles. The number of carbonyl (C=O) groups excluding carboxylic acids is 3. The zero-order chi connectivity index (χ0) is 13.4. The molecule has 0 aliphatic carbocycles. The van der Waals surface area contributed by atoms with E-state index in [1.165, 1.54) is 4.90 Å². The van der Waals surface area contributed by atoms with Gasteiger partial charge in [-0.2, -0.15) is 0 Å². The van der Waals surface area contributed by atoms with Crippen LogP contribution < -0.4 is 10.6 Å². The van der Waals surface area contributed by atoms with E-state index in [4.69, 9.17) is 5.73 Å². The summed E-state index contributed by atoms with van der Waals surface area (Å²) in [5, 5.41) is 0. The summed E-state index contributed by atoms with van der Waals surface area (Å²) in [5.41, 5.74) is 7.02. The number of Topliss-reactive ketones (excluding diaryl/α,β-unsaturated/α-hetero) is 1. The summed E-state index contributed by atoms with van der Waals surface area (Å²) in [6, 6.07) is 5.19. The van der Waals surface area contributed by atoms with Crippen LogP contribution in [0.3, 0.4) is 0 Å². The van der Waals surface area contributed by atoms with Gasteiger partial charge in [-0.15, -0.1) is 0 Å². The predicted octanol–water partition coefficient (Wildman–Crippen LogP) is 0.646. The monoisotopic (exact) mass is 246 g/mol. The number of amides is 2. The van der Waals surface area contributed by atoms with Gasteiger partial charge in [0.1, 0.15) is 0 Å². The second-order valence-corrected chi connectivity index (χ2v) is 4.52. The molecule has 2 amide bonds. The Morgan fingerprint density at radius 3 is 2.67 bits per heavy atom. The Labute approximate surface area is 105 Å². The highest BCUT2D eigenvalue weighted by Crippen LogP contribution is 2.32. The summed E-state index contributed by atoms with van der Waals surface area (Å²) in [6.45, 7) is 3.60. The van der Waals surface area contributed by atoms with E-state index in [9.17, 15) is 14.4 Å². The van der Waals surface area contributed by atoms with Crippen LogP contribution in [0, 0.1) is 12.8 Å². The fourth-order valence-corrected chi connectivity index (χ4v) is 2.08. The molecule has 1 aliphatic heterocycles. The van der Waals surface area contributed by atoms with Crippen molar-refractivity contribution in [2.45, 2.75) is 13.8 Å². The van der Waals surface area contributed by atoms with Crippen LogP contribution in [0.2, 0.25) is 0 Å². The maximum Gasteiger partial charge on any atom is 0.299 e. The summed E-state index contributed by atoms with van der Waals surface area (Å²) in [4.78, 5) is 36.1. The van der Waals surface area contributed by atoms with Crippen LogP contribution in [0.5, 0.6) is 0 Å². The number of primary amides is 1. The lowest BCUT2D eigenvalue weighted by atomic mass is 10.1. The van der Waals surface area contributed by atoms with E-state index < -0.39 is 23.5 Å². The summed E-state index contributed by atoms with van der Waals surface area (Å²) in [7, 11) is 0. The van der Waals surface area contributed by atoms with E-state index >= 15 is 0 Å². The molecule has 0 aromatic heterocycles. The summed E-state index contributed by atoms with van der Waals surface area (Å²) >= 11 is 0. The fraction of sp³-hybridized carbons (Fsp3) is 0.308. The van der Waals surface area contributed by atoms with E-state index in [2.05, 4.69) is 0 Å². The number of nitrogens with zero attached hydrogens (tertiary/aromatic N) is 1. The van der Waals surface area contributed by atoms with Crippen molar-refractivity contribution in [3.05, 3.63) is 29.3 Å². The zero-order valence-electron chi connectivity index (χ0n) is 10.3. The molecule has 18 heavy (non-hydrogen) atoms. The third-order valence-electron chi connectivity index (χ3n) is 3.13. The Balaban J connectivity index is 2.42. The number of nitrogens with two attached hydrogens (primary N) is 1. The van der Waals surface area contributed by atoms with Crippen LogP contribution in [0.4, 0.5) is 5.69 Å². The van der Waals surface area contributed by atoms with E-state index in [1.807, 2.05) is 13.0 Å². The van der Waals surface area contributed by atoms with Crippen LogP contribution in [-0.4, -0.2) is 24.1 Å². The minimum absolute atomic E-state index is 0.137. The highest BCUT2D eigenvalue weighted by molar-refractivity contribution is 6.52. The molecule has 1 aromatic rings. The molecule has 1 aliphatic rings. The number of hydrogen-bond donors (Lipinski definition) is 1. The number of rotatable bonds is 3. The average molecular weight is 246 g/mol. The predicted molar refractivity (Wildman–Crippen MR) is 66.2 cm³/mol. The average Bonchev–Trinajstić information content (AvgIpc) is 2.56. The maximum absolute atomic E-state index is 11.9. The van der Waals surface area contributed by atoms with Gasteiger partial charge in [0, 0.05) is 6.54 Å². The van der Waals surface area contributed by atoms with Gasteiger partial charge in [0.25, 0.3) is 11.7 Å². The van der Waals surface area contributed by atoms with Gasteiger partial charge < -0.3 is 10.6 Å². The standard InChI is InChI=1S/C13H14N2O3/c1-7-4-3-5-9-10(7)15(13(18)11(9)16)6-8(2)12(14)17/h3-5,8H,6H2,1-2H3,(H2,14,17). The molecular formula is C13H14N2O3. The summed E-state index contributed by atoms with van der Waals surface area (Å²) in [6.07, 6.45) is 0. The highest BCUT2D eigenvalue weighted by atomic mass is 16.2. The second kappa shape index (κ2) is 4.25. The van der Waals surface area contributed by atoms with Gasteiger partial charge in [-0.3, -0.25) is 14.4 Å². The number of para-hydroxylation sites is 1. The molecule has 0 saturated carbocycles.